The Labute approximate surface area is 234 Å². The van der Waals surface area contributed by atoms with Crippen LogP contribution in [0.1, 0.15) is 27.8 Å². The molecular formula is C29H27NO7S3. The monoisotopic (exact) mass is 597 g/mol. The van der Waals surface area contributed by atoms with Gasteiger partial charge < -0.3 is 0 Å². The van der Waals surface area contributed by atoms with Gasteiger partial charge in [-0.15, -0.1) is 0 Å². The fourth-order valence-corrected chi connectivity index (χ4v) is 6.96. The number of sulfone groups is 1. The molecule has 0 atom stereocenters. The molecule has 4 aromatic carbocycles. The molecular weight excluding hydrogens is 571 g/mol. The minimum Gasteiger partial charge on any atom is -0.282 e. The Bertz CT molecular complexity index is 1880. The van der Waals surface area contributed by atoms with Crippen molar-refractivity contribution < 1.29 is 29.8 Å². The maximum Gasteiger partial charge on any atom is 0.295 e. The van der Waals surface area contributed by atoms with Crippen molar-refractivity contribution in [1.29, 1.82) is 0 Å². The van der Waals surface area contributed by atoms with Gasteiger partial charge in [-0.25, -0.2) is 16.8 Å². The van der Waals surface area contributed by atoms with Crippen molar-refractivity contribution in [3.05, 3.63) is 119 Å². The average Bonchev–Trinajstić information content (AvgIpc) is 2.88. The second kappa shape index (κ2) is 11.4. The van der Waals surface area contributed by atoms with Crippen molar-refractivity contribution in [1.82, 2.24) is 0 Å². The molecule has 0 aliphatic rings. The van der Waals surface area contributed by atoms with Crippen LogP contribution in [0, 0.1) is 13.8 Å². The summed E-state index contributed by atoms with van der Waals surface area (Å²) in [7, 11) is -12.2. The highest BCUT2D eigenvalue weighted by Crippen LogP contribution is 2.25. The van der Waals surface area contributed by atoms with E-state index >= 15 is 0 Å². The summed E-state index contributed by atoms with van der Waals surface area (Å²) in [4.78, 5) is -0.233. The van der Waals surface area contributed by atoms with Crippen LogP contribution in [-0.4, -0.2) is 29.8 Å². The lowest BCUT2D eigenvalue weighted by Gasteiger charge is -2.11. The first-order valence-electron chi connectivity index (χ1n) is 12.0. The number of hydrogen-bond acceptors (Lipinski definition) is 6. The largest absolute Gasteiger partial charge is 0.295 e. The molecule has 0 heterocycles. The first-order chi connectivity index (χ1) is 18.7. The van der Waals surface area contributed by atoms with Crippen LogP contribution in [0.15, 0.2) is 106 Å². The normalized spacial score (nSPS) is 12.5. The van der Waals surface area contributed by atoms with E-state index in [0.717, 1.165) is 17.2 Å². The molecule has 4 aromatic rings. The summed E-state index contributed by atoms with van der Waals surface area (Å²) in [5.74, 6) is -0.174. The zero-order chi connectivity index (χ0) is 29.1. The molecule has 11 heteroatoms. The van der Waals surface area contributed by atoms with Crippen LogP contribution in [-0.2, 0) is 35.7 Å². The van der Waals surface area contributed by atoms with E-state index in [-0.39, 0.29) is 26.8 Å². The Hall–Kier alpha value is -3.77. The third kappa shape index (κ3) is 7.24. The number of hydrogen-bond donors (Lipinski definition) is 2. The second-order valence-corrected chi connectivity index (χ2v) is 14.4. The fourth-order valence-electron chi connectivity index (χ4n) is 3.85. The van der Waals surface area contributed by atoms with Crippen LogP contribution in [0.5, 0.6) is 0 Å². The number of aryl methyl sites for hydroxylation is 2. The maximum absolute atomic E-state index is 12.7. The predicted octanol–water partition coefficient (Wildman–Crippen LogP) is 5.50. The predicted molar refractivity (Wildman–Crippen MR) is 156 cm³/mol. The van der Waals surface area contributed by atoms with Crippen molar-refractivity contribution >= 4 is 47.8 Å². The molecule has 0 spiro atoms. The summed E-state index contributed by atoms with van der Waals surface area (Å²) in [5.41, 5.74) is 3.18. The quantitative estimate of drug-likeness (QED) is 0.192. The molecule has 0 bridgehead atoms. The van der Waals surface area contributed by atoms with Crippen molar-refractivity contribution in [2.24, 2.45) is 0 Å². The van der Waals surface area contributed by atoms with Crippen LogP contribution < -0.4 is 4.72 Å². The van der Waals surface area contributed by atoms with Gasteiger partial charge in [0, 0.05) is 0 Å². The van der Waals surface area contributed by atoms with E-state index in [9.17, 15) is 29.8 Å². The van der Waals surface area contributed by atoms with Gasteiger partial charge in [-0.3, -0.25) is 9.27 Å². The lowest BCUT2D eigenvalue weighted by atomic mass is 10.1. The number of anilines is 1. The third-order valence-corrected chi connectivity index (χ3v) is 10.1. The summed E-state index contributed by atoms with van der Waals surface area (Å²) in [5, 5.41) is 0. The molecule has 0 unspecified atom stereocenters. The number of sulfonamides is 1. The van der Waals surface area contributed by atoms with Crippen LogP contribution in [0.4, 0.5) is 5.69 Å². The zero-order valence-electron chi connectivity index (χ0n) is 21.6. The van der Waals surface area contributed by atoms with E-state index < -0.39 is 34.9 Å². The molecule has 0 amide bonds. The van der Waals surface area contributed by atoms with Crippen molar-refractivity contribution in [2.75, 3.05) is 4.72 Å². The van der Waals surface area contributed by atoms with Gasteiger partial charge in [0.25, 0.3) is 20.1 Å². The maximum atomic E-state index is 12.7. The summed E-state index contributed by atoms with van der Waals surface area (Å²) in [6, 6.07) is 23.3. The fraction of sp³-hybridized carbons (Fsp3) is 0.103. The highest BCUT2D eigenvalue weighted by molar-refractivity contribution is 7.92. The SMILES string of the molecule is Cc1ccc(S(=O)(=O)Cc2ccc(/C=C/c3ccc(NS(=O)(=O)c4ccc(C)cc4)cc3S(=O)(=O)O)cc2)cc1. The standard InChI is InChI=1S/C29H27NO7S3/c1-21-3-15-27(16-4-21)38(31,32)20-24-9-7-23(8-10-24)11-12-25-13-14-26(19-29(25)40(35,36)37)30-39(33,34)28-17-5-22(2)6-18-28/h3-19,30H,20H2,1-2H3,(H,35,36,37)/b12-11+. The van der Waals surface area contributed by atoms with Gasteiger partial charge in [0.05, 0.1) is 21.2 Å². The van der Waals surface area contributed by atoms with E-state index in [2.05, 4.69) is 4.72 Å². The van der Waals surface area contributed by atoms with Crippen LogP contribution in [0.25, 0.3) is 12.2 Å². The molecule has 0 saturated carbocycles. The molecule has 208 valence electrons. The Morgan fingerprint density at radius 2 is 1.23 bits per heavy atom. The number of nitrogens with one attached hydrogen (secondary N) is 1. The van der Waals surface area contributed by atoms with Gasteiger partial charge in [0.2, 0.25) is 0 Å². The first-order valence-corrected chi connectivity index (χ1v) is 16.6. The van der Waals surface area contributed by atoms with Crippen LogP contribution in [0.2, 0.25) is 0 Å². The second-order valence-electron chi connectivity index (χ2n) is 9.29. The smallest absolute Gasteiger partial charge is 0.282 e. The number of rotatable bonds is 9. The molecule has 0 fully saturated rings. The van der Waals surface area contributed by atoms with Gasteiger partial charge >= 0.3 is 0 Å². The summed E-state index contributed by atoms with van der Waals surface area (Å²) >= 11 is 0. The van der Waals surface area contributed by atoms with Gasteiger partial charge in [0.15, 0.2) is 9.84 Å². The molecule has 0 radical (unpaired) electrons. The minimum atomic E-state index is -4.70. The molecule has 8 nitrogen and oxygen atoms in total. The average molecular weight is 598 g/mol. The van der Waals surface area contributed by atoms with Crippen molar-refractivity contribution in [3.63, 3.8) is 0 Å². The van der Waals surface area contributed by atoms with Crippen LogP contribution >= 0.6 is 0 Å². The van der Waals surface area contributed by atoms with Crippen LogP contribution in [0.3, 0.4) is 0 Å². The number of benzene rings is 4. The zero-order valence-corrected chi connectivity index (χ0v) is 24.1. The van der Waals surface area contributed by atoms with Crippen molar-refractivity contribution in [3.8, 4) is 0 Å². The Morgan fingerprint density at radius 1 is 0.675 bits per heavy atom. The van der Waals surface area contributed by atoms with Gasteiger partial charge in [0.1, 0.15) is 4.90 Å². The summed E-state index contributed by atoms with van der Waals surface area (Å²) < 4.78 is 87.1. The molecule has 0 aromatic heterocycles. The lowest BCUT2D eigenvalue weighted by molar-refractivity contribution is 0.483. The first kappa shape index (κ1) is 29.2. The summed E-state index contributed by atoms with van der Waals surface area (Å²) in [6.45, 7) is 3.70. The highest BCUT2D eigenvalue weighted by atomic mass is 32.2. The summed E-state index contributed by atoms with van der Waals surface area (Å²) in [6.07, 6.45) is 3.05. The molecule has 40 heavy (non-hydrogen) atoms. The molecule has 0 saturated heterocycles. The van der Waals surface area contributed by atoms with E-state index in [1.807, 2.05) is 13.8 Å². The Kier molecular flexibility index (Phi) is 8.31. The molecule has 4 rings (SSSR count). The van der Waals surface area contributed by atoms with E-state index in [1.165, 1.54) is 30.3 Å². The molecule has 0 aliphatic heterocycles. The Morgan fingerprint density at radius 3 is 1.77 bits per heavy atom. The third-order valence-electron chi connectivity index (χ3n) is 6.05. The highest BCUT2D eigenvalue weighted by Gasteiger charge is 2.19. The van der Waals surface area contributed by atoms with E-state index in [1.54, 1.807) is 66.7 Å². The Balaban J connectivity index is 1.54. The molecule has 0 aliphatic carbocycles. The van der Waals surface area contributed by atoms with Gasteiger partial charge in [-0.1, -0.05) is 77.9 Å². The van der Waals surface area contributed by atoms with E-state index in [0.29, 0.717) is 11.1 Å². The van der Waals surface area contributed by atoms with Gasteiger partial charge in [-0.2, -0.15) is 8.42 Å². The van der Waals surface area contributed by atoms with E-state index in [4.69, 9.17) is 0 Å². The van der Waals surface area contributed by atoms with Gasteiger partial charge in [-0.05, 0) is 66.9 Å². The molecule has 2 N–H and O–H groups in total. The topological polar surface area (TPSA) is 135 Å². The minimum absolute atomic E-state index is 0.00518. The lowest BCUT2D eigenvalue weighted by Crippen LogP contribution is -2.13. The van der Waals surface area contributed by atoms with Crippen molar-refractivity contribution in [2.45, 2.75) is 34.3 Å².